The monoisotopic (exact) mass is 205 g/mol. The number of hydrogen-bond donors (Lipinski definition) is 1. The van der Waals surface area contributed by atoms with Gasteiger partial charge in [-0.3, -0.25) is 0 Å². The van der Waals surface area contributed by atoms with Crippen molar-refractivity contribution >= 4 is 0 Å². The zero-order valence-corrected chi connectivity index (χ0v) is 9.37. The van der Waals surface area contributed by atoms with Crippen LogP contribution in [0.25, 0.3) is 0 Å². The van der Waals surface area contributed by atoms with E-state index in [1.165, 1.54) is 32.1 Å². The quantitative estimate of drug-likeness (QED) is 0.822. The normalized spacial score (nSPS) is 20.1. The largest absolute Gasteiger partial charge is 0.305 e. The van der Waals surface area contributed by atoms with Gasteiger partial charge in [0, 0.05) is 17.9 Å². The molecule has 1 aromatic heterocycles. The lowest BCUT2D eigenvalue weighted by molar-refractivity contribution is 0.250. The fraction of sp³-hybridized carbons (Fsp3) is 0.667. The highest BCUT2D eigenvalue weighted by Gasteiger charge is 2.25. The van der Waals surface area contributed by atoms with Gasteiger partial charge in [-0.05, 0) is 25.8 Å². The second-order valence-corrected chi connectivity index (χ2v) is 4.64. The van der Waals surface area contributed by atoms with Gasteiger partial charge in [-0.25, -0.2) is 9.97 Å². The SMILES string of the molecule is CC1(NCc2ncccn2)CCCCC1. The number of nitrogens with one attached hydrogen (secondary N) is 1. The molecule has 0 aliphatic heterocycles. The lowest BCUT2D eigenvalue weighted by Crippen LogP contribution is -2.43. The maximum absolute atomic E-state index is 4.22. The second-order valence-electron chi connectivity index (χ2n) is 4.64. The number of nitrogens with zero attached hydrogens (tertiary/aromatic N) is 2. The molecular weight excluding hydrogens is 186 g/mol. The molecule has 1 fully saturated rings. The van der Waals surface area contributed by atoms with Crippen LogP contribution in [-0.4, -0.2) is 15.5 Å². The van der Waals surface area contributed by atoms with Crippen molar-refractivity contribution < 1.29 is 0 Å². The molecule has 2 rings (SSSR count). The van der Waals surface area contributed by atoms with Gasteiger partial charge in [-0.2, -0.15) is 0 Å². The molecule has 1 aromatic rings. The predicted octanol–water partition coefficient (Wildman–Crippen LogP) is 2.29. The van der Waals surface area contributed by atoms with Crippen LogP contribution in [0.2, 0.25) is 0 Å². The third-order valence-electron chi connectivity index (χ3n) is 3.25. The average Bonchev–Trinajstić information content (AvgIpc) is 2.29. The fourth-order valence-corrected chi connectivity index (χ4v) is 2.22. The summed E-state index contributed by atoms with van der Waals surface area (Å²) in [7, 11) is 0. The second kappa shape index (κ2) is 4.71. The van der Waals surface area contributed by atoms with Crippen LogP contribution in [0.3, 0.4) is 0 Å². The minimum Gasteiger partial charge on any atom is -0.305 e. The highest BCUT2D eigenvalue weighted by atomic mass is 15.0. The first kappa shape index (κ1) is 10.6. The van der Waals surface area contributed by atoms with Gasteiger partial charge in [0.25, 0.3) is 0 Å². The molecule has 1 N–H and O–H groups in total. The van der Waals surface area contributed by atoms with Crippen molar-refractivity contribution in [1.29, 1.82) is 0 Å². The maximum Gasteiger partial charge on any atom is 0.141 e. The van der Waals surface area contributed by atoms with E-state index >= 15 is 0 Å². The Bertz CT molecular complexity index is 291. The van der Waals surface area contributed by atoms with Gasteiger partial charge in [-0.1, -0.05) is 19.3 Å². The summed E-state index contributed by atoms with van der Waals surface area (Å²) in [4.78, 5) is 8.44. The van der Waals surface area contributed by atoms with Crippen molar-refractivity contribution in [1.82, 2.24) is 15.3 Å². The lowest BCUT2D eigenvalue weighted by Gasteiger charge is -2.34. The van der Waals surface area contributed by atoms with Crippen LogP contribution < -0.4 is 5.32 Å². The molecule has 0 atom stereocenters. The van der Waals surface area contributed by atoms with Crippen molar-refractivity contribution in [3.05, 3.63) is 24.3 Å². The van der Waals surface area contributed by atoms with Crippen LogP contribution in [0.5, 0.6) is 0 Å². The van der Waals surface area contributed by atoms with E-state index < -0.39 is 0 Å². The molecule has 0 unspecified atom stereocenters. The summed E-state index contributed by atoms with van der Waals surface area (Å²) in [6.45, 7) is 3.10. The van der Waals surface area contributed by atoms with Gasteiger partial charge < -0.3 is 5.32 Å². The van der Waals surface area contributed by atoms with Crippen LogP contribution in [-0.2, 0) is 6.54 Å². The first-order valence-corrected chi connectivity index (χ1v) is 5.79. The van der Waals surface area contributed by atoms with Crippen molar-refractivity contribution in [2.75, 3.05) is 0 Å². The Kier molecular flexibility index (Phi) is 3.31. The molecule has 0 aromatic carbocycles. The molecule has 0 saturated heterocycles. The van der Waals surface area contributed by atoms with Gasteiger partial charge in [-0.15, -0.1) is 0 Å². The van der Waals surface area contributed by atoms with E-state index in [-0.39, 0.29) is 0 Å². The van der Waals surface area contributed by atoms with Crippen LogP contribution in [0, 0.1) is 0 Å². The molecule has 3 nitrogen and oxygen atoms in total. The minimum absolute atomic E-state index is 0.303. The summed E-state index contributed by atoms with van der Waals surface area (Å²) in [6.07, 6.45) is 10.2. The standard InChI is InChI=1S/C12H19N3/c1-12(6-3-2-4-7-12)15-10-11-13-8-5-9-14-11/h5,8-9,15H,2-4,6-7,10H2,1H3. The summed E-state index contributed by atoms with van der Waals surface area (Å²) in [5.74, 6) is 0.893. The highest BCUT2D eigenvalue weighted by molar-refractivity contribution is 4.92. The van der Waals surface area contributed by atoms with Crippen molar-refractivity contribution in [2.24, 2.45) is 0 Å². The van der Waals surface area contributed by atoms with E-state index in [2.05, 4.69) is 22.2 Å². The summed E-state index contributed by atoms with van der Waals surface area (Å²) in [5, 5.41) is 3.59. The molecule has 0 bridgehead atoms. The Morgan fingerprint density at radius 3 is 2.53 bits per heavy atom. The molecule has 3 heteroatoms. The topological polar surface area (TPSA) is 37.8 Å². The zero-order chi connectivity index (χ0) is 10.6. The van der Waals surface area contributed by atoms with Crippen LogP contribution >= 0.6 is 0 Å². The van der Waals surface area contributed by atoms with Gasteiger partial charge in [0.05, 0.1) is 6.54 Å². The third kappa shape index (κ3) is 2.99. The molecular formula is C12H19N3. The number of aromatic nitrogens is 2. The minimum atomic E-state index is 0.303. The number of rotatable bonds is 3. The van der Waals surface area contributed by atoms with E-state index in [9.17, 15) is 0 Å². The van der Waals surface area contributed by atoms with E-state index in [4.69, 9.17) is 0 Å². The van der Waals surface area contributed by atoms with Gasteiger partial charge in [0.15, 0.2) is 0 Å². The van der Waals surface area contributed by atoms with Crippen LogP contribution in [0.4, 0.5) is 0 Å². The maximum atomic E-state index is 4.22. The first-order valence-electron chi connectivity index (χ1n) is 5.79. The smallest absolute Gasteiger partial charge is 0.141 e. The van der Waals surface area contributed by atoms with E-state index in [0.717, 1.165) is 12.4 Å². The third-order valence-corrected chi connectivity index (χ3v) is 3.25. The molecule has 0 radical (unpaired) electrons. The molecule has 82 valence electrons. The van der Waals surface area contributed by atoms with Crippen molar-refractivity contribution in [2.45, 2.75) is 51.1 Å². The Morgan fingerprint density at radius 1 is 1.20 bits per heavy atom. The van der Waals surface area contributed by atoms with Gasteiger partial charge in [0.1, 0.15) is 5.82 Å². The molecule has 1 heterocycles. The Hall–Kier alpha value is -0.960. The Morgan fingerprint density at radius 2 is 1.87 bits per heavy atom. The van der Waals surface area contributed by atoms with Gasteiger partial charge >= 0.3 is 0 Å². The van der Waals surface area contributed by atoms with E-state index in [1.54, 1.807) is 12.4 Å². The molecule has 1 aliphatic rings. The summed E-state index contributed by atoms with van der Waals surface area (Å²) in [5.41, 5.74) is 0.303. The molecule has 1 aliphatic carbocycles. The molecule has 0 amide bonds. The van der Waals surface area contributed by atoms with Gasteiger partial charge in [0.2, 0.25) is 0 Å². The first-order chi connectivity index (χ1) is 7.29. The average molecular weight is 205 g/mol. The predicted molar refractivity (Wildman–Crippen MR) is 60.4 cm³/mol. The van der Waals surface area contributed by atoms with Crippen LogP contribution in [0.1, 0.15) is 44.9 Å². The molecule has 15 heavy (non-hydrogen) atoms. The summed E-state index contributed by atoms with van der Waals surface area (Å²) < 4.78 is 0. The summed E-state index contributed by atoms with van der Waals surface area (Å²) >= 11 is 0. The molecule has 1 saturated carbocycles. The van der Waals surface area contributed by atoms with Crippen molar-refractivity contribution in [3.8, 4) is 0 Å². The lowest BCUT2D eigenvalue weighted by atomic mass is 9.83. The van der Waals surface area contributed by atoms with Crippen molar-refractivity contribution in [3.63, 3.8) is 0 Å². The molecule has 0 spiro atoms. The Balaban J connectivity index is 1.87. The van der Waals surface area contributed by atoms with Crippen LogP contribution in [0.15, 0.2) is 18.5 Å². The highest BCUT2D eigenvalue weighted by Crippen LogP contribution is 2.27. The zero-order valence-electron chi connectivity index (χ0n) is 9.37. The van der Waals surface area contributed by atoms with E-state index in [1.807, 2.05) is 6.07 Å². The Labute approximate surface area is 91.3 Å². The number of hydrogen-bond acceptors (Lipinski definition) is 3. The summed E-state index contributed by atoms with van der Waals surface area (Å²) in [6, 6.07) is 1.85. The fourth-order valence-electron chi connectivity index (χ4n) is 2.22. The van der Waals surface area contributed by atoms with E-state index in [0.29, 0.717) is 5.54 Å².